The van der Waals surface area contributed by atoms with E-state index in [1.807, 2.05) is 25.4 Å². The molecule has 5 rings (SSSR count). The van der Waals surface area contributed by atoms with Crippen LogP contribution in [0.5, 0.6) is 0 Å². The van der Waals surface area contributed by atoms with Crippen molar-refractivity contribution < 1.29 is 4.57 Å². The van der Waals surface area contributed by atoms with Gasteiger partial charge >= 0.3 is 0 Å². The van der Waals surface area contributed by atoms with Crippen LogP contribution in [0.15, 0.2) is 146 Å². The predicted octanol–water partition coefficient (Wildman–Crippen LogP) is 3.45. The fourth-order valence-corrected chi connectivity index (χ4v) is 4.76. The summed E-state index contributed by atoms with van der Waals surface area (Å²) in [4.78, 5) is 0. The second kappa shape index (κ2) is 10.9. The molecule has 1 heterocycles. The third-order valence-electron chi connectivity index (χ3n) is 6.37. The van der Waals surface area contributed by atoms with E-state index < -0.39 is 6.15 Å². The minimum absolute atomic E-state index is 0.678. The number of aryl methyl sites for hydroxylation is 1. The molecule has 0 bridgehead atoms. The van der Waals surface area contributed by atoms with Gasteiger partial charge in [0.15, 0.2) is 12.3 Å². The van der Waals surface area contributed by atoms with E-state index in [1.165, 1.54) is 21.9 Å². The number of hydrogen-bond donors (Lipinski definition) is 0. The Morgan fingerprint density at radius 3 is 1.09 bits per heavy atom. The van der Waals surface area contributed by atoms with Gasteiger partial charge in [0.1, 0.15) is 13.2 Å². The van der Waals surface area contributed by atoms with E-state index in [0.717, 1.165) is 0 Å². The summed E-state index contributed by atoms with van der Waals surface area (Å²) < 4.78 is 1.78. The van der Waals surface area contributed by atoms with E-state index in [9.17, 15) is 0 Å². The first-order valence-corrected chi connectivity index (χ1v) is 11.5. The molecule has 0 N–H and O–H groups in total. The fourth-order valence-electron chi connectivity index (χ4n) is 4.76. The SMILES string of the molecule is C[n+]1ccccc1C#N.c1ccc([B-](c2ccccc2)(c2ccccc2)c2ccccc2)cc1. The molecule has 0 unspecified atom stereocenters. The molecule has 0 saturated carbocycles. The van der Waals surface area contributed by atoms with Crippen LogP contribution in [0.2, 0.25) is 0 Å². The number of nitrogens with zero attached hydrogens (tertiary/aromatic N) is 2. The quantitative estimate of drug-likeness (QED) is 0.312. The highest BCUT2D eigenvalue weighted by Crippen LogP contribution is 2.09. The van der Waals surface area contributed by atoms with Crippen molar-refractivity contribution in [2.75, 3.05) is 0 Å². The van der Waals surface area contributed by atoms with E-state index >= 15 is 0 Å². The van der Waals surface area contributed by atoms with Gasteiger partial charge in [0, 0.05) is 12.1 Å². The van der Waals surface area contributed by atoms with Gasteiger partial charge in [-0.25, -0.2) is 0 Å². The van der Waals surface area contributed by atoms with Crippen LogP contribution in [0.4, 0.5) is 0 Å². The summed E-state index contributed by atoms with van der Waals surface area (Å²) in [7, 11) is 1.85. The van der Waals surface area contributed by atoms with Gasteiger partial charge in [-0.05, 0) is 6.07 Å². The molecule has 3 heteroatoms. The lowest BCUT2D eigenvalue weighted by atomic mass is 9.13. The Morgan fingerprint density at radius 1 is 0.500 bits per heavy atom. The van der Waals surface area contributed by atoms with Crippen LogP contribution in [0.25, 0.3) is 0 Å². The van der Waals surface area contributed by atoms with Crippen LogP contribution in [-0.4, -0.2) is 6.15 Å². The molecule has 5 aromatic rings. The molecular formula is C31H27BN2. The second-order valence-corrected chi connectivity index (χ2v) is 8.32. The first-order valence-electron chi connectivity index (χ1n) is 11.5. The maximum atomic E-state index is 8.45. The van der Waals surface area contributed by atoms with Gasteiger partial charge in [0.25, 0.3) is 5.69 Å². The molecule has 1 aromatic heterocycles. The van der Waals surface area contributed by atoms with E-state index in [1.54, 1.807) is 10.6 Å². The number of pyridine rings is 1. The average molecular weight is 438 g/mol. The van der Waals surface area contributed by atoms with Gasteiger partial charge < -0.3 is 0 Å². The first kappa shape index (κ1) is 22.8. The van der Waals surface area contributed by atoms with Crippen molar-refractivity contribution in [2.45, 2.75) is 0 Å². The molecule has 34 heavy (non-hydrogen) atoms. The predicted molar refractivity (Wildman–Crippen MR) is 142 cm³/mol. The second-order valence-electron chi connectivity index (χ2n) is 8.32. The van der Waals surface area contributed by atoms with Crippen molar-refractivity contribution in [3.05, 3.63) is 151 Å². The van der Waals surface area contributed by atoms with Crippen molar-refractivity contribution in [3.63, 3.8) is 0 Å². The average Bonchev–Trinajstić information content (AvgIpc) is 2.92. The number of benzene rings is 4. The number of hydrogen-bond acceptors (Lipinski definition) is 1. The van der Waals surface area contributed by atoms with Gasteiger partial charge in [-0.15, -0.1) is 0 Å². The summed E-state index contributed by atoms with van der Waals surface area (Å²) in [6.07, 6.45) is 0.630. The normalized spacial score (nSPS) is 10.5. The minimum Gasteiger partial charge on any atom is -0.195 e. The molecule has 0 amide bonds. The lowest BCUT2D eigenvalue weighted by molar-refractivity contribution is -0.674. The molecule has 0 aliphatic rings. The van der Waals surface area contributed by atoms with Crippen molar-refractivity contribution in [2.24, 2.45) is 7.05 Å². The summed E-state index contributed by atoms with van der Waals surface area (Å²) in [6.45, 7) is 0. The fraction of sp³-hybridized carbons (Fsp3) is 0.0323. The molecule has 0 saturated heterocycles. The Bertz CT molecular complexity index is 1180. The first-order chi connectivity index (χ1) is 16.8. The summed E-state index contributed by atoms with van der Waals surface area (Å²) in [5, 5.41) is 8.45. The van der Waals surface area contributed by atoms with E-state index in [-0.39, 0.29) is 0 Å². The third-order valence-corrected chi connectivity index (χ3v) is 6.37. The molecular weight excluding hydrogens is 411 g/mol. The highest BCUT2D eigenvalue weighted by molar-refractivity contribution is 7.19. The zero-order valence-corrected chi connectivity index (χ0v) is 19.3. The van der Waals surface area contributed by atoms with Crippen LogP contribution < -0.4 is 26.4 Å². The topological polar surface area (TPSA) is 27.7 Å². The zero-order valence-electron chi connectivity index (χ0n) is 19.3. The minimum atomic E-state index is -1.22. The molecule has 0 aliphatic carbocycles. The standard InChI is InChI=1S/C24H20B.C7H7N2/c1-5-13-21(14-6-1)25(22-15-7-2-8-16-22,23-17-9-3-10-18-23)24-19-11-4-12-20-24;1-9-5-3-2-4-7(9)6-8/h1-20H;2-5H,1H3/q-1;+1. The van der Waals surface area contributed by atoms with Crippen molar-refractivity contribution in [1.82, 2.24) is 0 Å². The van der Waals surface area contributed by atoms with Crippen molar-refractivity contribution in [3.8, 4) is 6.07 Å². The maximum Gasteiger partial charge on any atom is 0.283 e. The van der Waals surface area contributed by atoms with E-state index in [0.29, 0.717) is 5.69 Å². The molecule has 0 aliphatic heterocycles. The van der Waals surface area contributed by atoms with Crippen LogP contribution in [-0.2, 0) is 7.05 Å². The molecule has 164 valence electrons. The lowest BCUT2D eigenvalue weighted by Crippen LogP contribution is -2.74. The molecule has 0 fully saturated rings. The monoisotopic (exact) mass is 438 g/mol. The van der Waals surface area contributed by atoms with Crippen molar-refractivity contribution in [1.29, 1.82) is 5.26 Å². The highest BCUT2D eigenvalue weighted by Gasteiger charge is 2.30. The van der Waals surface area contributed by atoms with Crippen LogP contribution in [0, 0.1) is 11.3 Å². The summed E-state index contributed by atoms with van der Waals surface area (Å²) in [6, 6.07) is 51.1. The summed E-state index contributed by atoms with van der Waals surface area (Å²) in [5.41, 5.74) is 6.03. The summed E-state index contributed by atoms with van der Waals surface area (Å²) >= 11 is 0. The lowest BCUT2D eigenvalue weighted by Gasteiger charge is -2.44. The smallest absolute Gasteiger partial charge is 0.195 e. The Hall–Kier alpha value is -4.42. The largest absolute Gasteiger partial charge is 0.283 e. The molecule has 4 aromatic carbocycles. The van der Waals surface area contributed by atoms with Crippen LogP contribution >= 0.6 is 0 Å². The van der Waals surface area contributed by atoms with Gasteiger partial charge in [-0.2, -0.15) is 31.7 Å². The third kappa shape index (κ3) is 4.67. The van der Waals surface area contributed by atoms with Gasteiger partial charge in [0.05, 0.1) is 0 Å². The molecule has 0 radical (unpaired) electrons. The number of aromatic nitrogens is 1. The molecule has 2 nitrogen and oxygen atoms in total. The Labute approximate surface area is 202 Å². The van der Waals surface area contributed by atoms with E-state index in [2.05, 4.69) is 127 Å². The highest BCUT2D eigenvalue weighted by atomic mass is 14.9. The zero-order chi connectivity index (χ0) is 23.6. The Balaban J connectivity index is 0.000000257. The number of nitriles is 1. The van der Waals surface area contributed by atoms with Gasteiger partial charge in [-0.3, -0.25) is 0 Å². The van der Waals surface area contributed by atoms with Gasteiger partial charge in [0.2, 0.25) is 0 Å². The van der Waals surface area contributed by atoms with E-state index in [4.69, 9.17) is 5.26 Å². The Morgan fingerprint density at radius 2 is 0.824 bits per heavy atom. The van der Waals surface area contributed by atoms with Crippen LogP contribution in [0.3, 0.4) is 0 Å². The van der Waals surface area contributed by atoms with Crippen molar-refractivity contribution >= 4 is 28.0 Å². The molecule has 0 atom stereocenters. The van der Waals surface area contributed by atoms with Gasteiger partial charge in [-0.1, -0.05) is 121 Å². The maximum absolute atomic E-state index is 8.45. The molecule has 0 spiro atoms. The van der Waals surface area contributed by atoms with Crippen LogP contribution in [0.1, 0.15) is 5.69 Å². The summed E-state index contributed by atoms with van der Waals surface area (Å²) in [5.74, 6) is 0. The Kier molecular flexibility index (Phi) is 7.33. The number of rotatable bonds is 4.